The number of hydrogen-bond donors (Lipinski definition) is 3. The number of amides is 1. The van der Waals surface area contributed by atoms with Crippen molar-refractivity contribution in [2.24, 2.45) is 5.92 Å². The van der Waals surface area contributed by atoms with Gasteiger partial charge < -0.3 is 15.2 Å². The van der Waals surface area contributed by atoms with Gasteiger partial charge in [0.25, 0.3) is 0 Å². The molecule has 2 aliphatic rings. The van der Waals surface area contributed by atoms with E-state index >= 15 is 0 Å². The Balaban J connectivity index is 1.75. The van der Waals surface area contributed by atoms with Gasteiger partial charge in [-0.15, -0.1) is 0 Å². The Morgan fingerprint density at radius 1 is 1.26 bits per heavy atom. The molecule has 0 aromatic heterocycles. The lowest BCUT2D eigenvalue weighted by Gasteiger charge is -2.37. The van der Waals surface area contributed by atoms with E-state index in [9.17, 15) is 18.3 Å². The average Bonchev–Trinajstić information content (AvgIpc) is 2.46. The first-order chi connectivity index (χ1) is 10.9. The normalized spacial score (nSPS) is 29.0. The molecular weight excluding hydrogens is 320 g/mol. The molecule has 1 saturated carbocycles. The van der Waals surface area contributed by atoms with Gasteiger partial charge in [-0.3, -0.25) is 4.79 Å². The van der Waals surface area contributed by atoms with Gasteiger partial charge in [0.1, 0.15) is 6.10 Å². The largest absolute Gasteiger partial charge is 0.394 e. The molecule has 1 aliphatic heterocycles. The van der Waals surface area contributed by atoms with Crippen molar-refractivity contribution in [3.8, 4) is 0 Å². The van der Waals surface area contributed by atoms with Gasteiger partial charge in [-0.25, -0.2) is 13.1 Å². The highest BCUT2D eigenvalue weighted by atomic mass is 32.2. The zero-order valence-corrected chi connectivity index (χ0v) is 14.5. The van der Waals surface area contributed by atoms with Crippen molar-refractivity contribution in [3.63, 3.8) is 0 Å². The average molecular weight is 348 g/mol. The first-order valence-corrected chi connectivity index (χ1v) is 10.1. The number of ether oxygens (including phenoxy) is 1. The summed E-state index contributed by atoms with van der Waals surface area (Å²) in [6, 6.07) is -0.156. The second-order valence-electron chi connectivity index (χ2n) is 6.39. The maximum atomic E-state index is 12.0. The molecule has 134 valence electrons. The Kier molecular flexibility index (Phi) is 6.82. The second kappa shape index (κ2) is 8.41. The van der Waals surface area contributed by atoms with Crippen molar-refractivity contribution in [1.82, 2.24) is 10.0 Å². The second-order valence-corrected chi connectivity index (χ2v) is 8.48. The van der Waals surface area contributed by atoms with Gasteiger partial charge in [-0.2, -0.15) is 0 Å². The third kappa shape index (κ3) is 5.41. The predicted molar refractivity (Wildman–Crippen MR) is 86.3 cm³/mol. The SMILES string of the molecule is CCS(=O)(=O)NCC[C@H]1CC[C@H](NC(=O)C2CCC2)[C@@H](CO)O1. The number of carbonyl (C=O) groups is 1. The van der Waals surface area contributed by atoms with Crippen LogP contribution in [0.15, 0.2) is 0 Å². The molecule has 2 fully saturated rings. The predicted octanol–water partition coefficient (Wildman–Crippen LogP) is 0.141. The molecule has 1 amide bonds. The fourth-order valence-electron chi connectivity index (χ4n) is 2.96. The number of aliphatic hydroxyl groups excluding tert-OH is 1. The van der Waals surface area contributed by atoms with Crippen LogP contribution in [-0.4, -0.2) is 56.6 Å². The molecule has 0 aromatic carbocycles. The molecule has 2 rings (SSSR count). The monoisotopic (exact) mass is 348 g/mol. The van der Waals surface area contributed by atoms with Crippen molar-refractivity contribution in [2.45, 2.75) is 63.7 Å². The fraction of sp³-hybridized carbons (Fsp3) is 0.933. The molecule has 0 aromatic rings. The molecule has 7 nitrogen and oxygen atoms in total. The Labute approximate surface area is 138 Å². The maximum absolute atomic E-state index is 12.0. The van der Waals surface area contributed by atoms with Gasteiger partial charge >= 0.3 is 0 Å². The summed E-state index contributed by atoms with van der Waals surface area (Å²) in [5.41, 5.74) is 0. The lowest BCUT2D eigenvalue weighted by Crippen LogP contribution is -2.53. The highest BCUT2D eigenvalue weighted by molar-refractivity contribution is 7.89. The van der Waals surface area contributed by atoms with Gasteiger partial charge in [0.05, 0.1) is 24.5 Å². The standard InChI is InChI=1S/C15H28N2O5S/c1-2-23(20,21)16-9-8-12-6-7-13(14(10-18)22-12)17-15(19)11-4-3-5-11/h11-14,16,18H,2-10H2,1H3,(H,17,19)/t12-,13+,14-/m1/s1. The summed E-state index contributed by atoms with van der Waals surface area (Å²) in [5.74, 6) is 0.250. The van der Waals surface area contributed by atoms with Crippen LogP contribution in [0.25, 0.3) is 0 Å². The number of nitrogens with one attached hydrogen (secondary N) is 2. The first-order valence-electron chi connectivity index (χ1n) is 8.49. The van der Waals surface area contributed by atoms with Gasteiger partial charge in [0.15, 0.2) is 0 Å². The molecule has 0 bridgehead atoms. The van der Waals surface area contributed by atoms with E-state index in [0.717, 1.165) is 32.1 Å². The molecule has 1 heterocycles. The molecular formula is C15H28N2O5S. The molecule has 0 spiro atoms. The van der Waals surface area contributed by atoms with Crippen LogP contribution < -0.4 is 10.0 Å². The van der Waals surface area contributed by atoms with Crippen LogP contribution in [0.5, 0.6) is 0 Å². The Morgan fingerprint density at radius 2 is 2.00 bits per heavy atom. The van der Waals surface area contributed by atoms with Crippen LogP contribution in [0.1, 0.15) is 45.4 Å². The molecule has 0 unspecified atom stereocenters. The summed E-state index contributed by atoms with van der Waals surface area (Å²) in [5, 5.41) is 12.5. The highest BCUT2D eigenvalue weighted by Crippen LogP contribution is 2.28. The quantitative estimate of drug-likeness (QED) is 0.579. The molecule has 3 N–H and O–H groups in total. The molecule has 3 atom stereocenters. The lowest BCUT2D eigenvalue weighted by molar-refractivity contribution is -0.134. The third-order valence-corrected chi connectivity index (χ3v) is 6.17. The summed E-state index contributed by atoms with van der Waals surface area (Å²) < 4.78 is 31.1. The van der Waals surface area contributed by atoms with Crippen LogP contribution in [0.3, 0.4) is 0 Å². The van der Waals surface area contributed by atoms with Crippen LogP contribution >= 0.6 is 0 Å². The number of aliphatic hydroxyl groups is 1. The third-order valence-electron chi connectivity index (χ3n) is 4.77. The van der Waals surface area contributed by atoms with Crippen LogP contribution in [0.4, 0.5) is 0 Å². The molecule has 23 heavy (non-hydrogen) atoms. The first kappa shape index (κ1) is 18.6. The summed E-state index contributed by atoms with van der Waals surface area (Å²) >= 11 is 0. The summed E-state index contributed by atoms with van der Waals surface area (Å²) in [7, 11) is -3.18. The fourth-order valence-corrected chi connectivity index (χ4v) is 3.59. The lowest BCUT2D eigenvalue weighted by atomic mass is 9.84. The number of carbonyl (C=O) groups excluding carboxylic acids is 1. The Bertz CT molecular complexity index is 492. The minimum absolute atomic E-state index is 0.0626. The summed E-state index contributed by atoms with van der Waals surface area (Å²) in [6.07, 6.45) is 4.56. The van der Waals surface area contributed by atoms with Gasteiger partial charge in [0, 0.05) is 12.5 Å². The van der Waals surface area contributed by atoms with Gasteiger partial charge in [-0.05, 0) is 39.0 Å². The zero-order chi connectivity index (χ0) is 16.9. The summed E-state index contributed by atoms with van der Waals surface area (Å²) in [4.78, 5) is 12.0. The topological polar surface area (TPSA) is 105 Å². The smallest absolute Gasteiger partial charge is 0.223 e. The van der Waals surface area contributed by atoms with E-state index in [1.807, 2.05) is 0 Å². The van der Waals surface area contributed by atoms with E-state index in [0.29, 0.717) is 13.0 Å². The van der Waals surface area contributed by atoms with Crippen LogP contribution in [0.2, 0.25) is 0 Å². The van der Waals surface area contributed by atoms with E-state index < -0.39 is 16.1 Å². The van der Waals surface area contributed by atoms with E-state index in [4.69, 9.17) is 4.74 Å². The zero-order valence-electron chi connectivity index (χ0n) is 13.7. The molecule has 1 aliphatic carbocycles. The van der Waals surface area contributed by atoms with Crippen LogP contribution in [0, 0.1) is 5.92 Å². The van der Waals surface area contributed by atoms with Gasteiger partial charge in [0.2, 0.25) is 15.9 Å². The Hall–Kier alpha value is -0.700. The minimum atomic E-state index is -3.18. The maximum Gasteiger partial charge on any atom is 0.223 e. The van der Waals surface area contributed by atoms with Crippen molar-refractivity contribution < 1.29 is 23.1 Å². The minimum Gasteiger partial charge on any atom is -0.394 e. The van der Waals surface area contributed by atoms with Gasteiger partial charge in [-0.1, -0.05) is 6.42 Å². The molecule has 8 heteroatoms. The van der Waals surface area contributed by atoms with Crippen molar-refractivity contribution >= 4 is 15.9 Å². The Morgan fingerprint density at radius 3 is 2.57 bits per heavy atom. The van der Waals surface area contributed by atoms with Crippen molar-refractivity contribution in [1.29, 1.82) is 0 Å². The number of rotatable bonds is 8. The number of sulfonamides is 1. The van der Waals surface area contributed by atoms with E-state index in [2.05, 4.69) is 10.0 Å². The van der Waals surface area contributed by atoms with Crippen molar-refractivity contribution in [3.05, 3.63) is 0 Å². The highest BCUT2D eigenvalue weighted by Gasteiger charge is 2.34. The van der Waals surface area contributed by atoms with E-state index in [1.165, 1.54) is 0 Å². The van der Waals surface area contributed by atoms with E-state index in [1.54, 1.807) is 6.92 Å². The molecule has 0 radical (unpaired) electrons. The molecule has 1 saturated heterocycles. The van der Waals surface area contributed by atoms with Crippen LogP contribution in [-0.2, 0) is 19.6 Å². The number of hydrogen-bond acceptors (Lipinski definition) is 5. The van der Waals surface area contributed by atoms with E-state index in [-0.39, 0.29) is 36.3 Å². The van der Waals surface area contributed by atoms with Crippen molar-refractivity contribution in [2.75, 3.05) is 18.9 Å². The summed E-state index contributed by atoms with van der Waals surface area (Å²) in [6.45, 7) is 1.78.